The van der Waals surface area contributed by atoms with E-state index < -0.39 is 24.3 Å². The van der Waals surface area contributed by atoms with Gasteiger partial charge in [0.1, 0.15) is 0 Å². The molecule has 74 valence electrons. The van der Waals surface area contributed by atoms with Crippen molar-refractivity contribution >= 4 is 12.6 Å². The molecule has 13 heavy (non-hydrogen) atoms. The minimum atomic E-state index is -5.70. The van der Waals surface area contributed by atoms with Crippen molar-refractivity contribution in [3.63, 3.8) is 0 Å². The largest absolute Gasteiger partial charge is 0.527 e. The Hall–Kier alpha value is -1.15. The fraction of sp³-hybridized carbons (Fsp3) is 0.250. The molecule has 0 aliphatic rings. The van der Waals surface area contributed by atoms with Gasteiger partial charge in [-0.05, 0) is 5.59 Å². The molecule has 0 radical (unpaired) electrons. The van der Waals surface area contributed by atoms with Crippen molar-refractivity contribution in [3.8, 4) is 0 Å². The van der Waals surface area contributed by atoms with E-state index in [1.807, 2.05) is 0 Å². The number of aromatic nitrogens is 2. The number of hydrogen-bond acceptors (Lipinski definition) is 1. The Bertz CT molecular complexity index is 270. The predicted molar refractivity (Wildman–Crippen MR) is 32.3 cm³/mol. The highest BCUT2D eigenvalue weighted by Gasteiger charge is 2.41. The second-order valence-electron chi connectivity index (χ2n) is 2.27. The summed E-state index contributed by atoms with van der Waals surface area (Å²) in [5.74, 6) is 0. The molecule has 0 saturated heterocycles. The Morgan fingerprint density at radius 1 is 1.23 bits per heavy atom. The van der Waals surface area contributed by atoms with Crippen LogP contribution in [0.2, 0.25) is 0 Å². The zero-order valence-electron chi connectivity index (χ0n) is 5.87. The van der Waals surface area contributed by atoms with Crippen LogP contribution in [0.1, 0.15) is 5.56 Å². The Morgan fingerprint density at radius 2 is 1.77 bits per heavy atom. The number of halogens is 6. The molecular formula is C4H2BF6N2-. The number of nitrogens with zero attached hydrogens (tertiary/aromatic N) is 1. The molecule has 0 amide bonds. The lowest BCUT2D eigenvalue weighted by Gasteiger charge is -2.15. The van der Waals surface area contributed by atoms with Crippen molar-refractivity contribution in [2.45, 2.75) is 6.18 Å². The summed E-state index contributed by atoms with van der Waals surface area (Å²) < 4.78 is 71.3. The maximum atomic E-state index is 11.9. The Labute approximate surface area is 68.0 Å². The number of aromatic amines is 1. The summed E-state index contributed by atoms with van der Waals surface area (Å²) in [6, 6.07) is 0. The van der Waals surface area contributed by atoms with Crippen LogP contribution in [0.4, 0.5) is 26.1 Å². The molecule has 1 aromatic rings. The second kappa shape index (κ2) is 2.67. The van der Waals surface area contributed by atoms with Crippen molar-refractivity contribution < 1.29 is 26.1 Å². The second-order valence-corrected chi connectivity index (χ2v) is 2.27. The molecule has 0 atom stereocenters. The van der Waals surface area contributed by atoms with Crippen molar-refractivity contribution in [2.75, 3.05) is 0 Å². The van der Waals surface area contributed by atoms with Gasteiger partial charge in [-0.3, -0.25) is 0 Å². The van der Waals surface area contributed by atoms with Crippen LogP contribution in [0.15, 0.2) is 6.20 Å². The molecule has 0 fully saturated rings. The molecule has 1 rings (SSSR count). The summed E-state index contributed by atoms with van der Waals surface area (Å²) in [5, 5.41) is 3.99. The minimum Gasteiger partial charge on any atom is -0.444 e. The average molecular weight is 203 g/mol. The molecule has 0 aliphatic carbocycles. The number of rotatable bonds is 1. The molecule has 0 bridgehead atoms. The van der Waals surface area contributed by atoms with E-state index in [0.29, 0.717) is 0 Å². The molecule has 1 heterocycles. The van der Waals surface area contributed by atoms with E-state index in [-0.39, 0.29) is 6.20 Å². The summed E-state index contributed by atoms with van der Waals surface area (Å²) >= 11 is 0. The Balaban J connectivity index is 3.19. The summed E-state index contributed by atoms with van der Waals surface area (Å²) in [4.78, 5) is 0. The highest BCUT2D eigenvalue weighted by Crippen LogP contribution is 2.29. The van der Waals surface area contributed by atoms with E-state index >= 15 is 0 Å². The van der Waals surface area contributed by atoms with E-state index in [9.17, 15) is 26.1 Å². The van der Waals surface area contributed by atoms with Gasteiger partial charge in [0.25, 0.3) is 0 Å². The van der Waals surface area contributed by atoms with Crippen LogP contribution in [0, 0.1) is 0 Å². The lowest BCUT2D eigenvalue weighted by atomic mass is 9.83. The highest BCUT2D eigenvalue weighted by atomic mass is 19.4. The lowest BCUT2D eigenvalue weighted by Crippen LogP contribution is -2.39. The van der Waals surface area contributed by atoms with Crippen molar-refractivity contribution in [1.29, 1.82) is 0 Å². The fourth-order valence-corrected chi connectivity index (χ4v) is 0.772. The van der Waals surface area contributed by atoms with Crippen LogP contribution >= 0.6 is 0 Å². The van der Waals surface area contributed by atoms with Gasteiger partial charge in [0.15, 0.2) is 0 Å². The first-order valence-corrected chi connectivity index (χ1v) is 3.03. The van der Waals surface area contributed by atoms with Crippen LogP contribution < -0.4 is 5.59 Å². The highest BCUT2D eigenvalue weighted by molar-refractivity contribution is 6.73. The molecule has 0 saturated carbocycles. The zero-order valence-corrected chi connectivity index (χ0v) is 5.87. The van der Waals surface area contributed by atoms with E-state index in [0.717, 1.165) is 0 Å². The lowest BCUT2D eigenvalue weighted by molar-refractivity contribution is -0.136. The van der Waals surface area contributed by atoms with Gasteiger partial charge in [0.05, 0.1) is 11.8 Å². The molecule has 0 aromatic carbocycles. The van der Waals surface area contributed by atoms with Crippen LogP contribution in [0.5, 0.6) is 0 Å². The standard InChI is InChI=1S/C4H2BF6N2/c6-4(7,8)2-1-12-13-3(2)5(9,10)11/h1H,(H,12,13)/q-1. The van der Waals surface area contributed by atoms with Gasteiger partial charge < -0.3 is 18.0 Å². The summed E-state index contributed by atoms with van der Waals surface area (Å²) in [7, 11) is 0. The van der Waals surface area contributed by atoms with Crippen molar-refractivity contribution in [1.82, 2.24) is 10.2 Å². The molecule has 0 unspecified atom stereocenters. The fourth-order valence-electron chi connectivity index (χ4n) is 0.772. The topological polar surface area (TPSA) is 28.7 Å². The van der Waals surface area contributed by atoms with Gasteiger partial charge in [-0.25, -0.2) is 0 Å². The minimum absolute atomic E-state index is 0.116. The van der Waals surface area contributed by atoms with Crippen LogP contribution in [-0.2, 0) is 6.18 Å². The smallest absolute Gasteiger partial charge is 0.444 e. The molecule has 2 nitrogen and oxygen atoms in total. The van der Waals surface area contributed by atoms with Crippen molar-refractivity contribution in [2.24, 2.45) is 0 Å². The Morgan fingerprint density at radius 3 is 2.08 bits per heavy atom. The molecule has 1 N–H and O–H groups in total. The van der Waals surface area contributed by atoms with Gasteiger partial charge in [0, 0.05) is 0 Å². The number of hydrogen-bond donors (Lipinski definition) is 1. The molecule has 0 aliphatic heterocycles. The first-order valence-electron chi connectivity index (χ1n) is 3.03. The van der Waals surface area contributed by atoms with Crippen LogP contribution in [-0.4, -0.2) is 17.2 Å². The summed E-state index contributed by atoms with van der Waals surface area (Å²) in [6.07, 6.45) is -4.91. The maximum Gasteiger partial charge on any atom is 0.527 e. The van der Waals surface area contributed by atoms with Gasteiger partial charge >= 0.3 is 13.2 Å². The van der Waals surface area contributed by atoms with Crippen molar-refractivity contribution in [3.05, 3.63) is 11.8 Å². The van der Waals surface area contributed by atoms with E-state index in [1.54, 1.807) is 0 Å². The van der Waals surface area contributed by atoms with E-state index in [2.05, 4.69) is 5.10 Å². The quantitative estimate of drug-likeness (QED) is 0.543. The molecule has 1 aromatic heterocycles. The Kier molecular flexibility index (Phi) is 2.04. The van der Waals surface area contributed by atoms with Gasteiger partial charge in [-0.15, -0.1) is 0 Å². The molecular weight excluding hydrogens is 201 g/mol. The van der Waals surface area contributed by atoms with E-state index in [1.165, 1.54) is 5.10 Å². The third-order valence-electron chi connectivity index (χ3n) is 1.30. The average Bonchev–Trinajstić information content (AvgIpc) is 2.27. The predicted octanol–water partition coefficient (Wildman–Crippen LogP) is 1.48. The maximum absolute atomic E-state index is 11.9. The zero-order chi connectivity index (χ0) is 10.3. The first kappa shape index (κ1) is 9.94. The first-order chi connectivity index (χ1) is 5.73. The normalized spacial score (nSPS) is 13.4. The van der Waals surface area contributed by atoms with Gasteiger partial charge in [-0.2, -0.15) is 18.3 Å². The third-order valence-corrected chi connectivity index (χ3v) is 1.30. The monoisotopic (exact) mass is 203 g/mol. The van der Waals surface area contributed by atoms with Crippen LogP contribution in [0.25, 0.3) is 0 Å². The third kappa shape index (κ3) is 1.96. The number of alkyl halides is 3. The molecule has 9 heteroatoms. The van der Waals surface area contributed by atoms with Crippen LogP contribution in [0.3, 0.4) is 0 Å². The molecule has 0 spiro atoms. The number of H-pyrrole nitrogens is 1. The number of nitrogens with one attached hydrogen (secondary N) is 1. The summed E-state index contributed by atoms with van der Waals surface area (Å²) in [6.45, 7) is -5.70. The van der Waals surface area contributed by atoms with Gasteiger partial charge in [-0.1, -0.05) is 0 Å². The van der Waals surface area contributed by atoms with Gasteiger partial charge in [0.2, 0.25) is 0 Å². The SMILES string of the molecule is F[B-](F)(F)c1[nH]ncc1C(F)(F)F. The van der Waals surface area contributed by atoms with E-state index in [4.69, 9.17) is 0 Å². The summed E-state index contributed by atoms with van der Waals surface area (Å²) in [5.41, 5.74) is -3.59.